The molecule has 0 aliphatic carbocycles. The van der Waals surface area contributed by atoms with Crippen molar-refractivity contribution >= 4 is 38.1 Å². The van der Waals surface area contributed by atoms with E-state index >= 15 is 0 Å². The van der Waals surface area contributed by atoms with E-state index in [1.807, 2.05) is 19.6 Å². The zero-order chi connectivity index (χ0) is 7.71. The van der Waals surface area contributed by atoms with Gasteiger partial charge in [-0.1, -0.05) is 12.2 Å². The van der Waals surface area contributed by atoms with Gasteiger partial charge in [0, 0.05) is 0 Å². The van der Waals surface area contributed by atoms with Gasteiger partial charge < -0.3 is 9.11 Å². The molecule has 0 amide bonds. The third kappa shape index (κ3) is 9.14. The lowest BCUT2D eigenvalue weighted by molar-refractivity contribution is 0.505. The van der Waals surface area contributed by atoms with E-state index < -0.39 is 14.0 Å². The van der Waals surface area contributed by atoms with Gasteiger partial charge in [-0.25, -0.2) is 0 Å². The Hall–Kier alpha value is 1.14. The summed E-state index contributed by atoms with van der Waals surface area (Å²) >= 11 is 8.32. The Bertz CT molecular complexity index is 137. The molecule has 9 heavy (non-hydrogen) atoms. The molecular formula is C3H11O2PS2Si. The van der Waals surface area contributed by atoms with Crippen LogP contribution in [-0.2, 0) is 16.0 Å². The summed E-state index contributed by atoms with van der Waals surface area (Å²) < 4.78 is 5.11. The van der Waals surface area contributed by atoms with Crippen LogP contribution in [0.1, 0.15) is 0 Å². The van der Waals surface area contributed by atoms with Gasteiger partial charge in [0.25, 0.3) is 0 Å². The second-order valence-corrected chi connectivity index (χ2v) is 12.6. The minimum Gasteiger partial charge on any atom is -0.364 e. The summed E-state index contributed by atoms with van der Waals surface area (Å²) in [7, 11) is -1.67. The number of hydrogen-bond donors (Lipinski definition) is 2. The molecule has 1 unspecified atom stereocenters. The van der Waals surface area contributed by atoms with E-state index in [2.05, 4.69) is 24.1 Å². The number of rotatable bonds is 2. The van der Waals surface area contributed by atoms with Crippen LogP contribution in [0, 0.1) is 0 Å². The molecular weight excluding hydrogens is 191 g/mol. The molecule has 1 atom stereocenters. The van der Waals surface area contributed by atoms with Crippen LogP contribution in [0.4, 0.5) is 0 Å². The van der Waals surface area contributed by atoms with E-state index in [1.165, 1.54) is 0 Å². The lowest BCUT2D eigenvalue weighted by Crippen LogP contribution is -2.22. The quantitative estimate of drug-likeness (QED) is 0.408. The topological polar surface area (TPSA) is 29.5 Å². The highest BCUT2D eigenvalue weighted by atomic mass is 32.9. The minimum atomic E-state index is -2.70. The van der Waals surface area contributed by atoms with Gasteiger partial charge in [0.2, 0.25) is 5.69 Å². The molecule has 2 nitrogen and oxygen atoms in total. The number of thiol groups is 1. The number of hydrogen-bond acceptors (Lipinski definition) is 2. The molecule has 0 bridgehead atoms. The van der Waals surface area contributed by atoms with Crippen molar-refractivity contribution in [1.29, 1.82) is 0 Å². The monoisotopic (exact) mass is 202 g/mol. The zero-order valence-corrected chi connectivity index (χ0v) is 9.26. The highest BCUT2D eigenvalue weighted by Crippen LogP contribution is 2.49. The first-order valence-electron chi connectivity index (χ1n) is 2.47. The molecule has 0 aliphatic rings. The fraction of sp³-hybridized carbons (Fsp3) is 1.00. The maximum atomic E-state index is 8.96. The van der Waals surface area contributed by atoms with Crippen molar-refractivity contribution in [2.45, 2.75) is 19.6 Å². The normalized spacial score (nSPS) is 19.2. The summed E-state index contributed by atoms with van der Waals surface area (Å²) in [6.45, 7) is 5.88. The fourth-order valence-corrected chi connectivity index (χ4v) is 7.43. The first kappa shape index (κ1) is 10.1. The predicted octanol–water partition coefficient (Wildman–Crippen LogP) is 1.98. The first-order chi connectivity index (χ1) is 3.71. The summed E-state index contributed by atoms with van der Waals surface area (Å²) in [4.78, 5) is 8.96. The van der Waals surface area contributed by atoms with Crippen molar-refractivity contribution in [3.63, 3.8) is 0 Å². The fourth-order valence-electron chi connectivity index (χ4n) is 0.357. The zero-order valence-electron chi connectivity index (χ0n) is 5.66. The average molecular weight is 202 g/mol. The molecule has 0 aromatic carbocycles. The Morgan fingerprint density at radius 2 is 1.89 bits per heavy atom. The smallest absolute Gasteiger partial charge is 0.231 e. The third-order valence-corrected chi connectivity index (χ3v) is 4.94. The van der Waals surface area contributed by atoms with Gasteiger partial charge >= 0.3 is 0 Å². The van der Waals surface area contributed by atoms with E-state index in [1.54, 1.807) is 0 Å². The molecule has 0 radical (unpaired) electrons. The van der Waals surface area contributed by atoms with Crippen molar-refractivity contribution in [3.8, 4) is 0 Å². The molecule has 0 fully saturated rings. The average Bonchev–Trinajstić information content (AvgIpc) is 1.14. The van der Waals surface area contributed by atoms with Crippen LogP contribution in [0.3, 0.4) is 0 Å². The van der Waals surface area contributed by atoms with E-state index in [0.717, 1.165) is 0 Å². The van der Waals surface area contributed by atoms with Crippen molar-refractivity contribution in [3.05, 3.63) is 0 Å². The third-order valence-electron chi connectivity index (χ3n) is 0.393. The van der Waals surface area contributed by atoms with Crippen LogP contribution >= 0.6 is 17.9 Å². The molecule has 0 spiro atoms. The summed E-state index contributed by atoms with van der Waals surface area (Å²) in [6.07, 6.45) is 0. The summed E-state index contributed by atoms with van der Waals surface area (Å²) in [5.41, 5.74) is -2.70. The minimum absolute atomic E-state index is 1.67. The Morgan fingerprint density at radius 3 is 1.89 bits per heavy atom. The van der Waals surface area contributed by atoms with Crippen LogP contribution in [0.2, 0.25) is 19.6 Å². The maximum absolute atomic E-state index is 8.96. The first-order valence-corrected chi connectivity index (χ1v) is 9.70. The second-order valence-electron chi connectivity index (χ2n) is 2.69. The van der Waals surface area contributed by atoms with Gasteiger partial charge in [0.15, 0.2) is 8.32 Å². The molecule has 0 rings (SSSR count). The van der Waals surface area contributed by atoms with E-state index in [0.29, 0.717) is 0 Å². The van der Waals surface area contributed by atoms with Crippen LogP contribution in [0.25, 0.3) is 0 Å². The highest BCUT2D eigenvalue weighted by Gasteiger charge is 2.21. The summed E-state index contributed by atoms with van der Waals surface area (Å²) in [5.74, 6) is 0. The highest BCUT2D eigenvalue weighted by molar-refractivity contribution is 8.59. The second kappa shape index (κ2) is 3.03. The van der Waals surface area contributed by atoms with Crippen molar-refractivity contribution < 1.29 is 9.11 Å². The molecule has 0 heterocycles. The molecule has 56 valence electrons. The molecule has 0 aliphatic heterocycles. The van der Waals surface area contributed by atoms with Crippen LogP contribution in [0.15, 0.2) is 0 Å². The van der Waals surface area contributed by atoms with Gasteiger partial charge in [-0.05, 0) is 31.4 Å². The van der Waals surface area contributed by atoms with E-state index in [-0.39, 0.29) is 0 Å². The van der Waals surface area contributed by atoms with E-state index in [4.69, 9.17) is 9.11 Å². The Kier molecular flexibility index (Phi) is 3.41. The molecule has 0 aromatic heterocycles. The molecule has 1 N–H and O–H groups in total. The van der Waals surface area contributed by atoms with Gasteiger partial charge in [-0.15, -0.1) is 0 Å². The lowest BCUT2D eigenvalue weighted by atomic mass is 11.8. The standard InChI is InChI=1S/C3H11O2PS2Si/c1-9(2,3)5-6(4,7)8/h1-3H3,(H2,4,7,8). The summed E-state index contributed by atoms with van der Waals surface area (Å²) in [5, 5.41) is 0. The lowest BCUT2D eigenvalue weighted by Gasteiger charge is -2.20. The molecule has 0 saturated carbocycles. The SMILES string of the molecule is C[Si](C)(C)OP(O)(=S)S. The van der Waals surface area contributed by atoms with Crippen LogP contribution in [-0.4, -0.2) is 13.2 Å². The largest absolute Gasteiger partial charge is 0.364 e. The van der Waals surface area contributed by atoms with Crippen molar-refractivity contribution in [1.82, 2.24) is 0 Å². The van der Waals surface area contributed by atoms with Crippen LogP contribution in [0.5, 0.6) is 0 Å². The summed E-state index contributed by atoms with van der Waals surface area (Å²) in [6, 6.07) is 0. The predicted molar refractivity (Wildman–Crippen MR) is 49.9 cm³/mol. The molecule has 6 heteroatoms. The van der Waals surface area contributed by atoms with Crippen LogP contribution < -0.4 is 0 Å². The Morgan fingerprint density at radius 1 is 1.56 bits per heavy atom. The molecule has 0 aromatic rings. The van der Waals surface area contributed by atoms with Gasteiger partial charge in [-0.3, -0.25) is 0 Å². The van der Waals surface area contributed by atoms with Gasteiger partial charge in [0.1, 0.15) is 0 Å². The van der Waals surface area contributed by atoms with Gasteiger partial charge in [-0.2, -0.15) is 0 Å². The van der Waals surface area contributed by atoms with Gasteiger partial charge in [0.05, 0.1) is 0 Å². The Labute approximate surface area is 67.1 Å². The van der Waals surface area contributed by atoms with E-state index in [9.17, 15) is 0 Å². The maximum Gasteiger partial charge on any atom is 0.231 e. The van der Waals surface area contributed by atoms with Crippen molar-refractivity contribution in [2.75, 3.05) is 0 Å². The molecule has 0 saturated heterocycles. The Balaban J connectivity index is 3.90. The van der Waals surface area contributed by atoms with Crippen molar-refractivity contribution in [2.24, 2.45) is 0 Å².